The molecule has 0 aliphatic rings. The molecule has 0 fully saturated rings. The molecule has 0 atom stereocenters. The number of hydrogen-bond acceptors (Lipinski definition) is 8. The summed E-state index contributed by atoms with van der Waals surface area (Å²) < 4.78 is 14.7. The number of thiazole rings is 1. The number of hydrogen-bond donors (Lipinski definition) is 1. The van der Waals surface area contributed by atoms with Crippen molar-refractivity contribution in [1.29, 1.82) is 0 Å². The van der Waals surface area contributed by atoms with E-state index in [2.05, 4.69) is 14.7 Å². The minimum atomic E-state index is -0.394. The van der Waals surface area contributed by atoms with Crippen molar-refractivity contribution in [2.75, 3.05) is 19.5 Å². The maximum absolute atomic E-state index is 12.3. The van der Waals surface area contributed by atoms with Crippen LogP contribution in [0.3, 0.4) is 0 Å². The van der Waals surface area contributed by atoms with E-state index in [9.17, 15) is 4.79 Å². The van der Waals surface area contributed by atoms with E-state index in [0.29, 0.717) is 16.3 Å². The number of methoxy groups -OCH3 is 1. The highest BCUT2D eigenvalue weighted by atomic mass is 32.1. The van der Waals surface area contributed by atoms with Crippen molar-refractivity contribution in [3.05, 3.63) is 46.6 Å². The molecule has 8 heteroatoms. The van der Waals surface area contributed by atoms with Crippen LogP contribution in [0.15, 0.2) is 29.6 Å². The lowest BCUT2D eigenvalue weighted by molar-refractivity contribution is 0.0469. The number of esters is 1. The molecule has 0 saturated carbocycles. The van der Waals surface area contributed by atoms with Gasteiger partial charge >= 0.3 is 5.97 Å². The second-order valence-electron chi connectivity index (χ2n) is 5.17. The third-order valence-electron chi connectivity index (χ3n) is 3.53. The van der Waals surface area contributed by atoms with E-state index in [0.717, 1.165) is 22.0 Å². The van der Waals surface area contributed by atoms with Crippen LogP contribution in [0.5, 0.6) is 5.75 Å². The van der Waals surface area contributed by atoms with Gasteiger partial charge in [0.2, 0.25) is 0 Å². The van der Waals surface area contributed by atoms with Crippen molar-refractivity contribution in [2.45, 2.75) is 13.5 Å². The Bertz CT molecular complexity index is 872. The fourth-order valence-corrected chi connectivity index (χ4v) is 3.78. The molecule has 3 rings (SSSR count). The second-order valence-corrected chi connectivity index (χ2v) is 6.80. The molecule has 0 amide bonds. The highest BCUT2D eigenvalue weighted by molar-refractivity contribution is 7.13. The van der Waals surface area contributed by atoms with Crippen LogP contribution in [-0.4, -0.2) is 29.5 Å². The van der Waals surface area contributed by atoms with Crippen LogP contribution in [-0.2, 0) is 11.3 Å². The van der Waals surface area contributed by atoms with E-state index < -0.39 is 5.97 Å². The number of nitrogens with zero attached hydrogens (tertiary/aromatic N) is 2. The topological polar surface area (TPSA) is 73.3 Å². The van der Waals surface area contributed by atoms with Crippen molar-refractivity contribution >= 4 is 33.8 Å². The van der Waals surface area contributed by atoms with Crippen molar-refractivity contribution < 1.29 is 14.3 Å². The smallest absolute Gasteiger partial charge is 0.343 e. The molecule has 0 bridgehead atoms. The fraction of sp³-hybridized carbons (Fsp3) is 0.235. The number of ether oxygens (including phenoxy) is 2. The van der Waals surface area contributed by atoms with Gasteiger partial charge in [-0.05, 0) is 42.7 Å². The van der Waals surface area contributed by atoms with Crippen molar-refractivity contribution in [1.82, 2.24) is 9.36 Å². The molecule has 130 valence electrons. The molecule has 25 heavy (non-hydrogen) atoms. The maximum Gasteiger partial charge on any atom is 0.343 e. The molecule has 1 aromatic carbocycles. The molecule has 0 aliphatic heterocycles. The molecule has 2 heterocycles. The van der Waals surface area contributed by atoms with Gasteiger partial charge in [-0.2, -0.15) is 4.37 Å². The molecular formula is C17H17N3O3S2. The summed E-state index contributed by atoms with van der Waals surface area (Å²) in [6.07, 6.45) is 0. The number of anilines is 1. The van der Waals surface area contributed by atoms with Crippen LogP contribution < -0.4 is 10.1 Å². The Labute approximate surface area is 153 Å². The molecule has 0 unspecified atom stereocenters. The van der Waals surface area contributed by atoms with Gasteiger partial charge in [-0.1, -0.05) is 0 Å². The SMILES string of the molecule is CNc1snc(C)c1C(=O)OCc1csc(-c2ccc(OC)cc2)n1. The molecule has 1 N–H and O–H groups in total. The summed E-state index contributed by atoms with van der Waals surface area (Å²) in [5, 5.41) is 6.44. The summed E-state index contributed by atoms with van der Waals surface area (Å²) in [6.45, 7) is 1.92. The lowest BCUT2D eigenvalue weighted by Crippen LogP contribution is -2.08. The number of carbonyl (C=O) groups is 1. The summed E-state index contributed by atoms with van der Waals surface area (Å²) in [5.41, 5.74) is 2.87. The first-order valence-electron chi connectivity index (χ1n) is 7.52. The third kappa shape index (κ3) is 3.80. The number of rotatable bonds is 6. The minimum Gasteiger partial charge on any atom is -0.497 e. The van der Waals surface area contributed by atoms with E-state index in [4.69, 9.17) is 9.47 Å². The number of aryl methyl sites for hydroxylation is 1. The average Bonchev–Trinajstić information content (AvgIpc) is 3.26. The van der Waals surface area contributed by atoms with E-state index in [1.165, 1.54) is 22.9 Å². The lowest BCUT2D eigenvalue weighted by atomic mass is 10.2. The van der Waals surface area contributed by atoms with Gasteiger partial charge in [0.15, 0.2) is 0 Å². The maximum atomic E-state index is 12.3. The van der Waals surface area contributed by atoms with Crippen LogP contribution in [0, 0.1) is 6.92 Å². The summed E-state index contributed by atoms with van der Waals surface area (Å²) >= 11 is 2.75. The van der Waals surface area contributed by atoms with Crippen LogP contribution in [0.1, 0.15) is 21.7 Å². The van der Waals surface area contributed by atoms with E-state index in [1.54, 1.807) is 21.1 Å². The first-order chi connectivity index (χ1) is 12.1. The van der Waals surface area contributed by atoms with Gasteiger partial charge in [-0.15, -0.1) is 11.3 Å². The molecule has 3 aromatic rings. The summed E-state index contributed by atoms with van der Waals surface area (Å²) in [6, 6.07) is 7.68. The molecule has 0 saturated heterocycles. The largest absolute Gasteiger partial charge is 0.497 e. The molecular weight excluding hydrogens is 358 g/mol. The van der Waals surface area contributed by atoms with Crippen molar-refractivity contribution in [3.8, 4) is 16.3 Å². The standard InChI is InChI=1S/C17H17N3O3S2/c1-10-14(16(18-2)25-20-10)17(21)23-8-12-9-24-15(19-12)11-4-6-13(22-3)7-5-11/h4-7,9,18H,8H2,1-3H3. The molecule has 0 spiro atoms. The predicted octanol–water partition coefficient (Wildman–Crippen LogP) is 3.98. The van der Waals surface area contributed by atoms with Crippen molar-refractivity contribution in [2.24, 2.45) is 0 Å². The van der Waals surface area contributed by atoms with Gasteiger partial charge < -0.3 is 14.8 Å². The van der Waals surface area contributed by atoms with Crippen LogP contribution >= 0.6 is 22.9 Å². The minimum absolute atomic E-state index is 0.129. The number of carbonyl (C=O) groups excluding carboxylic acids is 1. The Morgan fingerprint density at radius 2 is 2.04 bits per heavy atom. The van der Waals surface area contributed by atoms with Gasteiger partial charge in [0, 0.05) is 18.0 Å². The van der Waals surface area contributed by atoms with Crippen LogP contribution in [0.25, 0.3) is 10.6 Å². The highest BCUT2D eigenvalue weighted by Crippen LogP contribution is 2.27. The Morgan fingerprint density at radius 3 is 2.72 bits per heavy atom. The quantitative estimate of drug-likeness (QED) is 0.657. The normalized spacial score (nSPS) is 10.5. The lowest BCUT2D eigenvalue weighted by Gasteiger charge is -2.04. The summed E-state index contributed by atoms with van der Waals surface area (Å²) in [4.78, 5) is 16.8. The molecule has 2 aromatic heterocycles. The van der Waals surface area contributed by atoms with E-state index >= 15 is 0 Å². The molecule has 0 radical (unpaired) electrons. The van der Waals surface area contributed by atoms with Gasteiger partial charge in [0.1, 0.15) is 27.9 Å². The Hall–Kier alpha value is -2.45. The monoisotopic (exact) mass is 375 g/mol. The molecule has 0 aliphatic carbocycles. The zero-order chi connectivity index (χ0) is 17.8. The Morgan fingerprint density at radius 1 is 1.28 bits per heavy atom. The highest BCUT2D eigenvalue weighted by Gasteiger charge is 2.19. The van der Waals surface area contributed by atoms with Crippen LogP contribution in [0.4, 0.5) is 5.00 Å². The second kappa shape index (κ2) is 7.62. The number of benzene rings is 1. The summed E-state index contributed by atoms with van der Waals surface area (Å²) in [5.74, 6) is 0.407. The predicted molar refractivity (Wildman–Crippen MR) is 99.6 cm³/mol. The first kappa shape index (κ1) is 17.4. The first-order valence-corrected chi connectivity index (χ1v) is 9.17. The van der Waals surface area contributed by atoms with Crippen LogP contribution in [0.2, 0.25) is 0 Å². The number of aromatic nitrogens is 2. The van der Waals surface area contributed by atoms with Gasteiger partial charge in [0.25, 0.3) is 0 Å². The van der Waals surface area contributed by atoms with Gasteiger partial charge in [-0.25, -0.2) is 9.78 Å². The van der Waals surface area contributed by atoms with Gasteiger partial charge in [0.05, 0.1) is 18.5 Å². The third-order valence-corrected chi connectivity index (χ3v) is 5.43. The number of nitrogens with one attached hydrogen (secondary N) is 1. The molecule has 6 nitrogen and oxygen atoms in total. The summed E-state index contributed by atoms with van der Waals surface area (Å²) in [7, 11) is 3.39. The van der Waals surface area contributed by atoms with E-state index in [1.807, 2.05) is 29.6 Å². The van der Waals surface area contributed by atoms with Gasteiger partial charge in [-0.3, -0.25) is 0 Å². The Balaban J connectivity index is 1.67. The van der Waals surface area contributed by atoms with Crippen molar-refractivity contribution in [3.63, 3.8) is 0 Å². The average molecular weight is 375 g/mol. The zero-order valence-electron chi connectivity index (χ0n) is 14.0. The van der Waals surface area contributed by atoms with E-state index in [-0.39, 0.29) is 6.61 Å². The Kier molecular flexibility index (Phi) is 5.30. The fourth-order valence-electron chi connectivity index (χ4n) is 2.23. The zero-order valence-corrected chi connectivity index (χ0v) is 15.7.